The second kappa shape index (κ2) is 7.45. The van der Waals surface area contributed by atoms with Crippen molar-refractivity contribution < 1.29 is 0 Å². The Bertz CT molecular complexity index is 1280. The number of nitrogens with two attached hydrogens (primary N) is 1. The van der Waals surface area contributed by atoms with Gasteiger partial charge in [0.05, 0.1) is 21.8 Å². The molecule has 0 radical (unpaired) electrons. The molecule has 5 heteroatoms. The van der Waals surface area contributed by atoms with E-state index in [-0.39, 0.29) is 5.95 Å². The minimum atomic E-state index is 0.278. The summed E-state index contributed by atoms with van der Waals surface area (Å²) in [6, 6.07) is 28.9. The molecule has 0 aliphatic carbocycles. The van der Waals surface area contributed by atoms with E-state index in [1.807, 2.05) is 36.4 Å². The van der Waals surface area contributed by atoms with Crippen molar-refractivity contribution in [3.63, 3.8) is 0 Å². The van der Waals surface area contributed by atoms with Crippen LogP contribution in [0.4, 0.5) is 5.95 Å². The van der Waals surface area contributed by atoms with Crippen LogP contribution in [0.3, 0.4) is 0 Å². The molecule has 0 aliphatic heterocycles. The first-order valence-corrected chi connectivity index (χ1v) is 10.2. The number of hydrogen-bond donors (Lipinski definition) is 1. The molecule has 3 heterocycles. The Morgan fingerprint density at radius 3 is 2.21 bits per heavy atom. The Morgan fingerprint density at radius 2 is 1.41 bits per heavy atom. The van der Waals surface area contributed by atoms with Gasteiger partial charge in [-0.15, -0.1) is 11.3 Å². The van der Waals surface area contributed by atoms with Crippen LogP contribution in [0.25, 0.3) is 32.0 Å². The van der Waals surface area contributed by atoms with Crippen molar-refractivity contribution in [3.8, 4) is 21.0 Å². The molecule has 29 heavy (non-hydrogen) atoms. The summed E-state index contributed by atoms with van der Waals surface area (Å²) >= 11 is 1.73. The van der Waals surface area contributed by atoms with Crippen LogP contribution in [-0.2, 0) is 6.42 Å². The second-order valence-corrected chi connectivity index (χ2v) is 7.87. The standard InChI is InChI=1S/C24H18N4S/c25-24-27-19-12-11-18(22-14-13-21(29-22)17-9-5-2-6-10-17)26-23(19)20(28-24)15-16-7-3-1-4-8-16/h1-14H,15H2,(H2,25,27,28). The summed E-state index contributed by atoms with van der Waals surface area (Å²) in [5.41, 5.74) is 11.7. The smallest absolute Gasteiger partial charge is 0.220 e. The van der Waals surface area contributed by atoms with Crippen LogP contribution in [0.1, 0.15) is 11.3 Å². The zero-order valence-corrected chi connectivity index (χ0v) is 16.4. The molecule has 0 aliphatic rings. The zero-order valence-electron chi connectivity index (χ0n) is 15.6. The summed E-state index contributed by atoms with van der Waals surface area (Å²) in [5, 5.41) is 0. The van der Waals surface area contributed by atoms with E-state index in [1.165, 1.54) is 16.0 Å². The lowest BCUT2D eigenvalue weighted by atomic mass is 10.1. The molecule has 0 bridgehead atoms. The van der Waals surface area contributed by atoms with Gasteiger partial charge < -0.3 is 5.73 Å². The van der Waals surface area contributed by atoms with Gasteiger partial charge in [0.25, 0.3) is 0 Å². The number of rotatable bonds is 4. The second-order valence-electron chi connectivity index (χ2n) is 6.79. The average molecular weight is 395 g/mol. The molecule has 0 amide bonds. The Kier molecular flexibility index (Phi) is 4.50. The third-order valence-electron chi connectivity index (χ3n) is 4.76. The fraction of sp³-hybridized carbons (Fsp3) is 0.0417. The van der Waals surface area contributed by atoms with Crippen molar-refractivity contribution in [1.82, 2.24) is 15.0 Å². The third kappa shape index (κ3) is 3.60. The molecule has 0 saturated carbocycles. The molecule has 4 nitrogen and oxygen atoms in total. The van der Waals surface area contributed by atoms with Crippen LogP contribution in [0.2, 0.25) is 0 Å². The molecule has 0 unspecified atom stereocenters. The first kappa shape index (κ1) is 17.5. The van der Waals surface area contributed by atoms with Crippen molar-refractivity contribution >= 4 is 28.3 Å². The maximum atomic E-state index is 5.95. The van der Waals surface area contributed by atoms with Crippen LogP contribution in [0.5, 0.6) is 0 Å². The minimum absolute atomic E-state index is 0.278. The van der Waals surface area contributed by atoms with Crippen molar-refractivity contribution in [1.29, 1.82) is 0 Å². The Balaban J connectivity index is 1.57. The van der Waals surface area contributed by atoms with Crippen LogP contribution in [0, 0.1) is 0 Å². The highest BCUT2D eigenvalue weighted by Gasteiger charge is 2.12. The van der Waals surface area contributed by atoms with Gasteiger partial charge in [-0.25, -0.2) is 15.0 Å². The van der Waals surface area contributed by atoms with E-state index in [9.17, 15) is 0 Å². The fourth-order valence-electron chi connectivity index (χ4n) is 3.38. The van der Waals surface area contributed by atoms with Gasteiger partial charge in [-0.3, -0.25) is 0 Å². The zero-order chi connectivity index (χ0) is 19.6. The first-order valence-electron chi connectivity index (χ1n) is 9.39. The molecule has 0 saturated heterocycles. The van der Waals surface area contributed by atoms with Crippen LogP contribution < -0.4 is 5.73 Å². The topological polar surface area (TPSA) is 64.7 Å². The van der Waals surface area contributed by atoms with Crippen molar-refractivity contribution in [2.75, 3.05) is 5.73 Å². The molecule has 5 aromatic rings. The lowest BCUT2D eigenvalue weighted by Crippen LogP contribution is -2.03. The number of benzene rings is 2. The van der Waals surface area contributed by atoms with Crippen molar-refractivity contribution in [2.24, 2.45) is 0 Å². The van der Waals surface area contributed by atoms with Gasteiger partial charge in [0.2, 0.25) is 5.95 Å². The molecule has 2 N–H and O–H groups in total. The van der Waals surface area contributed by atoms with Crippen molar-refractivity contribution in [2.45, 2.75) is 6.42 Å². The summed E-state index contributed by atoms with van der Waals surface area (Å²) in [7, 11) is 0. The molecule has 140 valence electrons. The Labute approximate surface area is 172 Å². The van der Waals surface area contributed by atoms with Gasteiger partial charge in [-0.1, -0.05) is 60.7 Å². The van der Waals surface area contributed by atoms with Gasteiger partial charge >= 0.3 is 0 Å². The van der Waals surface area contributed by atoms with E-state index < -0.39 is 0 Å². The lowest BCUT2D eigenvalue weighted by molar-refractivity contribution is 1.06. The van der Waals surface area contributed by atoms with Gasteiger partial charge in [-0.05, 0) is 35.4 Å². The summed E-state index contributed by atoms with van der Waals surface area (Å²) < 4.78 is 0. The van der Waals surface area contributed by atoms with Gasteiger partial charge in [0.1, 0.15) is 5.52 Å². The Hall–Kier alpha value is -3.57. The summed E-state index contributed by atoms with van der Waals surface area (Å²) in [4.78, 5) is 16.1. The number of thiophene rings is 1. The molecule has 3 aromatic heterocycles. The number of anilines is 1. The maximum absolute atomic E-state index is 5.95. The first-order chi connectivity index (χ1) is 14.3. The summed E-state index contributed by atoms with van der Waals surface area (Å²) in [5.74, 6) is 0.278. The number of hydrogen-bond acceptors (Lipinski definition) is 5. The molecule has 5 rings (SSSR count). The van der Waals surface area contributed by atoms with Gasteiger partial charge in [0, 0.05) is 11.3 Å². The number of pyridine rings is 1. The van der Waals surface area contributed by atoms with Crippen molar-refractivity contribution in [3.05, 3.63) is 96.2 Å². The minimum Gasteiger partial charge on any atom is -0.368 e. The molecule has 0 atom stereocenters. The predicted molar refractivity (Wildman–Crippen MR) is 120 cm³/mol. The quantitative estimate of drug-likeness (QED) is 0.431. The largest absolute Gasteiger partial charge is 0.368 e. The highest BCUT2D eigenvalue weighted by Crippen LogP contribution is 2.34. The number of nitrogen functional groups attached to an aromatic ring is 1. The summed E-state index contributed by atoms with van der Waals surface area (Å²) in [6.45, 7) is 0. The van der Waals surface area contributed by atoms with Crippen LogP contribution in [-0.4, -0.2) is 15.0 Å². The molecular weight excluding hydrogens is 376 g/mol. The fourth-order valence-corrected chi connectivity index (χ4v) is 4.36. The number of nitrogens with zero attached hydrogens (tertiary/aromatic N) is 3. The summed E-state index contributed by atoms with van der Waals surface area (Å²) in [6.07, 6.45) is 0.667. The predicted octanol–water partition coefficient (Wildman–Crippen LogP) is 5.59. The number of fused-ring (bicyclic) bond motifs is 1. The van der Waals surface area contributed by atoms with E-state index in [0.29, 0.717) is 6.42 Å². The molecular formula is C24H18N4S. The van der Waals surface area contributed by atoms with E-state index in [1.54, 1.807) is 11.3 Å². The highest BCUT2D eigenvalue weighted by molar-refractivity contribution is 7.18. The van der Waals surface area contributed by atoms with Crippen LogP contribution in [0.15, 0.2) is 84.9 Å². The van der Waals surface area contributed by atoms with Gasteiger partial charge in [-0.2, -0.15) is 0 Å². The van der Waals surface area contributed by atoms with Gasteiger partial charge in [0.15, 0.2) is 0 Å². The van der Waals surface area contributed by atoms with E-state index in [2.05, 4.69) is 58.5 Å². The number of aromatic nitrogens is 3. The van der Waals surface area contributed by atoms with E-state index >= 15 is 0 Å². The normalized spacial score (nSPS) is 11.0. The SMILES string of the molecule is Nc1nc(Cc2ccccc2)c2nc(-c3ccc(-c4ccccc4)s3)ccc2n1. The molecule has 0 fully saturated rings. The van der Waals surface area contributed by atoms with E-state index in [0.717, 1.165) is 27.3 Å². The van der Waals surface area contributed by atoms with E-state index in [4.69, 9.17) is 10.7 Å². The monoisotopic (exact) mass is 394 g/mol. The highest BCUT2D eigenvalue weighted by atomic mass is 32.1. The lowest BCUT2D eigenvalue weighted by Gasteiger charge is -2.08. The maximum Gasteiger partial charge on any atom is 0.220 e. The van der Waals surface area contributed by atoms with Crippen LogP contribution >= 0.6 is 11.3 Å². The Morgan fingerprint density at radius 1 is 0.690 bits per heavy atom. The molecule has 2 aromatic carbocycles. The molecule has 0 spiro atoms. The average Bonchev–Trinajstić information content (AvgIpc) is 3.25. The third-order valence-corrected chi connectivity index (χ3v) is 5.92.